The van der Waals surface area contributed by atoms with E-state index in [1.807, 2.05) is 0 Å². The fraction of sp³-hybridized carbons (Fsp3) is 1.00. The molecule has 0 rings (SSSR count). The maximum atomic E-state index is 2.32. The molecule has 0 spiro atoms. The molecule has 0 aromatic rings. The predicted octanol–water partition coefficient (Wildman–Crippen LogP) is 5.99. The fourth-order valence-corrected chi connectivity index (χ4v) is 23.9. The summed E-state index contributed by atoms with van der Waals surface area (Å²) in [5, 5.41) is 0. The number of hydrogen-bond acceptors (Lipinski definition) is 4. The van der Waals surface area contributed by atoms with Crippen molar-refractivity contribution in [2.75, 3.05) is 23.0 Å². The third-order valence-electron chi connectivity index (χ3n) is 1.93. The van der Waals surface area contributed by atoms with Gasteiger partial charge in [-0.05, 0) is 48.7 Å². The molecule has 0 N–H and O–H groups in total. The number of rotatable bonds is 12. The van der Waals surface area contributed by atoms with Gasteiger partial charge in [0.15, 0.2) is 0 Å². The first-order valence-electron chi connectivity index (χ1n) is 6.80. The Morgan fingerprint density at radius 3 is 0.941 bits per heavy atom. The van der Waals surface area contributed by atoms with E-state index in [2.05, 4.69) is 72.5 Å². The molecular formula is C12H28S4Si. The standard InChI is InChI=1S/C12H28S4Si/c1-5-9-13-17(14-10-6-2,15-11-7-3)16-12-8-4/h5-12H2,1-4H3. The molecule has 0 aliphatic rings. The molecule has 0 aromatic carbocycles. The summed E-state index contributed by atoms with van der Waals surface area (Å²) in [5.41, 5.74) is 0. The van der Waals surface area contributed by atoms with Gasteiger partial charge < -0.3 is 0 Å². The van der Waals surface area contributed by atoms with Crippen LogP contribution in [0.25, 0.3) is 0 Å². The first-order chi connectivity index (χ1) is 8.24. The average molecular weight is 329 g/mol. The zero-order chi connectivity index (χ0) is 13.0. The zero-order valence-corrected chi connectivity index (χ0v) is 16.1. The van der Waals surface area contributed by atoms with Crippen LogP contribution in [0.5, 0.6) is 0 Å². The summed E-state index contributed by atoms with van der Waals surface area (Å²) < 4.78 is -1.21. The van der Waals surface area contributed by atoms with Crippen molar-refractivity contribution >= 4 is 49.5 Å². The molecular weight excluding hydrogens is 300 g/mol. The minimum atomic E-state index is -1.21. The smallest absolute Gasteiger partial charge is 0.152 e. The SMILES string of the molecule is CCCS[Si](SCCC)(SCCC)SCCC. The van der Waals surface area contributed by atoms with Gasteiger partial charge in [-0.3, -0.25) is 0 Å². The maximum Gasteiger partial charge on any atom is 0.300 e. The van der Waals surface area contributed by atoms with Crippen LogP contribution in [-0.2, 0) is 0 Å². The van der Waals surface area contributed by atoms with Crippen LogP contribution in [0.1, 0.15) is 53.4 Å². The molecule has 0 bridgehead atoms. The van der Waals surface area contributed by atoms with Gasteiger partial charge in [-0.25, -0.2) is 0 Å². The molecule has 0 heterocycles. The lowest BCUT2D eigenvalue weighted by Gasteiger charge is -2.28. The van der Waals surface area contributed by atoms with Crippen LogP contribution in [0.3, 0.4) is 0 Å². The van der Waals surface area contributed by atoms with E-state index in [0.29, 0.717) is 0 Å². The number of hydrogen-bond donors (Lipinski definition) is 0. The Morgan fingerprint density at radius 1 is 0.529 bits per heavy atom. The molecule has 0 saturated carbocycles. The molecule has 0 atom stereocenters. The highest BCUT2D eigenvalue weighted by Crippen LogP contribution is 2.50. The normalized spacial score (nSPS) is 12.0. The lowest BCUT2D eigenvalue weighted by molar-refractivity contribution is 1.11. The lowest BCUT2D eigenvalue weighted by atomic mass is 10.6. The second kappa shape index (κ2) is 12.6. The van der Waals surface area contributed by atoms with Crippen LogP contribution < -0.4 is 0 Å². The van der Waals surface area contributed by atoms with E-state index in [4.69, 9.17) is 0 Å². The van der Waals surface area contributed by atoms with Gasteiger partial charge in [0.2, 0.25) is 0 Å². The fourth-order valence-electron chi connectivity index (χ4n) is 1.16. The van der Waals surface area contributed by atoms with Gasteiger partial charge in [0, 0.05) is 0 Å². The molecule has 0 amide bonds. The molecule has 0 aromatic heterocycles. The minimum absolute atomic E-state index is 1.21. The summed E-state index contributed by atoms with van der Waals surface area (Å²) in [6, 6.07) is 0. The van der Waals surface area contributed by atoms with Gasteiger partial charge in [-0.1, -0.05) is 27.7 Å². The molecule has 0 radical (unpaired) electrons. The summed E-state index contributed by atoms with van der Waals surface area (Å²) in [5.74, 6) is 5.43. The van der Waals surface area contributed by atoms with Gasteiger partial charge in [0.05, 0.1) is 0 Å². The summed E-state index contributed by atoms with van der Waals surface area (Å²) in [6.45, 7) is 9.24. The highest BCUT2D eigenvalue weighted by Gasteiger charge is 2.35. The quantitative estimate of drug-likeness (QED) is 0.403. The predicted molar refractivity (Wildman–Crippen MR) is 96.8 cm³/mol. The van der Waals surface area contributed by atoms with Crippen molar-refractivity contribution in [3.8, 4) is 0 Å². The third kappa shape index (κ3) is 9.19. The van der Waals surface area contributed by atoms with Crippen molar-refractivity contribution < 1.29 is 0 Å². The zero-order valence-electron chi connectivity index (χ0n) is 11.8. The second-order valence-electron chi connectivity index (χ2n) is 3.89. The Morgan fingerprint density at radius 2 is 0.765 bits per heavy atom. The Hall–Kier alpha value is 1.62. The highest BCUT2D eigenvalue weighted by molar-refractivity contribution is 8.99. The Kier molecular flexibility index (Phi) is 13.8. The van der Waals surface area contributed by atoms with Crippen LogP contribution in [0.15, 0.2) is 0 Å². The highest BCUT2D eigenvalue weighted by atomic mass is 32.9. The molecule has 17 heavy (non-hydrogen) atoms. The van der Waals surface area contributed by atoms with E-state index in [1.54, 1.807) is 0 Å². The van der Waals surface area contributed by atoms with Crippen molar-refractivity contribution in [2.45, 2.75) is 53.4 Å². The van der Waals surface area contributed by atoms with Crippen LogP contribution in [0.2, 0.25) is 0 Å². The second-order valence-corrected chi connectivity index (χ2v) is 23.1. The van der Waals surface area contributed by atoms with Gasteiger partial charge in [0.25, 0.3) is 0 Å². The van der Waals surface area contributed by atoms with Crippen LogP contribution >= 0.6 is 44.8 Å². The topological polar surface area (TPSA) is 0 Å². The van der Waals surface area contributed by atoms with Gasteiger partial charge in [-0.2, -0.15) is 44.8 Å². The molecule has 0 unspecified atom stereocenters. The van der Waals surface area contributed by atoms with E-state index in [-0.39, 0.29) is 0 Å². The largest absolute Gasteiger partial charge is 0.300 e. The monoisotopic (exact) mass is 328 g/mol. The Bertz CT molecular complexity index is 129. The minimum Gasteiger partial charge on any atom is -0.152 e. The molecule has 0 aliphatic heterocycles. The first kappa shape index (κ1) is 18.6. The van der Waals surface area contributed by atoms with Crippen LogP contribution in [-0.4, -0.2) is 27.7 Å². The van der Waals surface area contributed by atoms with E-state index < -0.39 is 4.67 Å². The van der Waals surface area contributed by atoms with Crippen molar-refractivity contribution in [3.63, 3.8) is 0 Å². The van der Waals surface area contributed by atoms with Crippen molar-refractivity contribution in [2.24, 2.45) is 0 Å². The third-order valence-corrected chi connectivity index (χ3v) is 25.2. The lowest BCUT2D eigenvalue weighted by Crippen LogP contribution is -2.21. The summed E-state index contributed by atoms with van der Waals surface area (Å²) in [6.07, 6.45) is 5.30. The van der Waals surface area contributed by atoms with E-state index in [0.717, 1.165) is 0 Å². The molecule has 0 aliphatic carbocycles. The Balaban J connectivity index is 4.39. The van der Waals surface area contributed by atoms with E-state index in [1.165, 1.54) is 48.7 Å². The van der Waals surface area contributed by atoms with Gasteiger partial charge in [0.1, 0.15) is 0 Å². The average Bonchev–Trinajstić information content (AvgIpc) is 2.37. The van der Waals surface area contributed by atoms with Crippen molar-refractivity contribution in [1.29, 1.82) is 0 Å². The molecule has 0 fully saturated rings. The van der Waals surface area contributed by atoms with Crippen molar-refractivity contribution in [1.82, 2.24) is 0 Å². The molecule has 104 valence electrons. The molecule has 0 saturated heterocycles. The summed E-state index contributed by atoms with van der Waals surface area (Å²) >= 11 is 9.27. The van der Waals surface area contributed by atoms with Gasteiger partial charge >= 0.3 is 4.67 Å². The van der Waals surface area contributed by atoms with Gasteiger partial charge in [-0.15, -0.1) is 0 Å². The first-order valence-corrected chi connectivity index (χ1v) is 15.6. The maximum absolute atomic E-state index is 2.32. The Labute approximate surface area is 125 Å². The molecule has 5 heteroatoms. The summed E-state index contributed by atoms with van der Waals surface area (Å²) in [4.78, 5) is 0. The van der Waals surface area contributed by atoms with E-state index >= 15 is 0 Å². The van der Waals surface area contributed by atoms with Crippen LogP contribution in [0, 0.1) is 0 Å². The van der Waals surface area contributed by atoms with E-state index in [9.17, 15) is 0 Å². The van der Waals surface area contributed by atoms with Crippen molar-refractivity contribution in [3.05, 3.63) is 0 Å². The molecule has 0 nitrogen and oxygen atoms in total. The summed E-state index contributed by atoms with van der Waals surface area (Å²) in [7, 11) is 0. The van der Waals surface area contributed by atoms with Crippen LogP contribution in [0.4, 0.5) is 0 Å².